The van der Waals surface area contributed by atoms with Gasteiger partial charge in [0.1, 0.15) is 5.82 Å². The van der Waals surface area contributed by atoms with Crippen molar-refractivity contribution >= 4 is 11.7 Å². The second kappa shape index (κ2) is 14.5. The maximum Gasteiger partial charge on any atom is 0.319 e. The zero-order valence-electron chi connectivity index (χ0n) is 26.7. The number of nitrogens with zero attached hydrogens (tertiary/aromatic N) is 3. The third-order valence-electron chi connectivity index (χ3n) is 9.32. The molecule has 47 heavy (non-hydrogen) atoms. The number of carbonyl (C=O) groups excluding carboxylic acids is 1. The third kappa shape index (κ3) is 8.11. The van der Waals surface area contributed by atoms with E-state index >= 15 is 0 Å². The Bertz CT molecular complexity index is 1670. The molecule has 0 aromatic heterocycles. The van der Waals surface area contributed by atoms with Gasteiger partial charge in [-0.1, -0.05) is 60.7 Å². The molecule has 0 bridgehead atoms. The van der Waals surface area contributed by atoms with Gasteiger partial charge in [-0.15, -0.1) is 0 Å². The number of piperazine rings is 1. The predicted molar refractivity (Wildman–Crippen MR) is 182 cm³/mol. The number of para-hydroxylation sites is 1. The highest BCUT2D eigenvalue weighted by atomic mass is 19.1. The van der Waals surface area contributed by atoms with E-state index in [9.17, 15) is 9.18 Å². The molecule has 3 heterocycles. The summed E-state index contributed by atoms with van der Waals surface area (Å²) in [7, 11) is 0. The molecular formula is C38H42FN5O3. The number of ether oxygens (including phenoxy) is 2. The number of rotatable bonds is 9. The zero-order valence-corrected chi connectivity index (χ0v) is 26.7. The molecule has 8 nitrogen and oxygen atoms in total. The molecule has 4 aromatic rings. The molecular weight excluding hydrogens is 593 g/mol. The molecule has 3 aliphatic heterocycles. The second-order valence-electron chi connectivity index (χ2n) is 12.8. The minimum absolute atomic E-state index is 0.0990. The summed E-state index contributed by atoms with van der Waals surface area (Å²) in [6.07, 6.45) is 1.71. The Morgan fingerprint density at radius 3 is 2.02 bits per heavy atom. The monoisotopic (exact) mass is 635 g/mol. The maximum atomic E-state index is 14.7. The lowest BCUT2D eigenvalue weighted by Gasteiger charge is -2.35. The Balaban J connectivity index is 0.859. The van der Waals surface area contributed by atoms with E-state index in [1.54, 1.807) is 12.1 Å². The largest absolute Gasteiger partial charge is 0.454 e. The lowest BCUT2D eigenvalue weighted by molar-refractivity contribution is 0.122. The van der Waals surface area contributed by atoms with Crippen molar-refractivity contribution in [3.63, 3.8) is 0 Å². The summed E-state index contributed by atoms with van der Waals surface area (Å²) in [5.41, 5.74) is 6.10. The van der Waals surface area contributed by atoms with E-state index in [1.807, 2.05) is 60.7 Å². The molecule has 0 spiro atoms. The Hall–Kier alpha value is -4.44. The predicted octanol–water partition coefficient (Wildman–Crippen LogP) is 6.33. The Kier molecular flexibility index (Phi) is 9.65. The first-order chi connectivity index (χ1) is 23.0. The molecule has 0 radical (unpaired) electrons. The van der Waals surface area contributed by atoms with Crippen LogP contribution in [0.25, 0.3) is 11.1 Å². The zero-order chi connectivity index (χ0) is 32.0. The minimum Gasteiger partial charge on any atom is -0.454 e. The molecule has 0 atom stereocenters. The van der Waals surface area contributed by atoms with E-state index in [2.05, 4.69) is 43.5 Å². The number of nitrogens with one attached hydrogen (secondary N) is 2. The Labute approximate surface area is 276 Å². The molecule has 3 aliphatic rings. The SMILES string of the molecule is O=C(Nc1ccccc1-c1ccccc1)NC1CCN(Cc2cc(F)cc(CN3CCN(Cc4ccc5c(c4)OCO5)CC3)c2)CC1. The Morgan fingerprint density at radius 2 is 1.30 bits per heavy atom. The van der Waals surface area contributed by atoms with E-state index in [0.717, 1.165) is 105 Å². The Morgan fingerprint density at radius 1 is 0.681 bits per heavy atom. The highest BCUT2D eigenvalue weighted by molar-refractivity contribution is 5.94. The van der Waals surface area contributed by atoms with Gasteiger partial charge in [0.2, 0.25) is 6.79 Å². The van der Waals surface area contributed by atoms with Crippen molar-refractivity contribution in [1.82, 2.24) is 20.0 Å². The molecule has 0 aliphatic carbocycles. The highest BCUT2D eigenvalue weighted by Gasteiger charge is 2.23. The van der Waals surface area contributed by atoms with Crippen LogP contribution in [0, 0.1) is 5.82 Å². The van der Waals surface area contributed by atoms with Gasteiger partial charge < -0.3 is 20.1 Å². The number of fused-ring (bicyclic) bond motifs is 1. The van der Waals surface area contributed by atoms with Crippen LogP contribution in [0.3, 0.4) is 0 Å². The summed E-state index contributed by atoms with van der Waals surface area (Å²) in [6, 6.07) is 29.5. The first kappa shape index (κ1) is 31.2. The maximum absolute atomic E-state index is 14.7. The third-order valence-corrected chi connectivity index (χ3v) is 9.32. The van der Waals surface area contributed by atoms with Crippen molar-refractivity contribution in [3.8, 4) is 22.6 Å². The van der Waals surface area contributed by atoms with Crippen molar-refractivity contribution in [2.75, 3.05) is 51.4 Å². The van der Waals surface area contributed by atoms with Crippen molar-refractivity contribution in [2.24, 2.45) is 0 Å². The second-order valence-corrected chi connectivity index (χ2v) is 12.8. The molecule has 2 saturated heterocycles. The fourth-order valence-electron chi connectivity index (χ4n) is 6.86. The molecule has 7 rings (SSSR count). The standard InChI is InChI=1S/C38H42FN5O3/c39-32-21-29(20-30(22-32)26-44-18-16-43(17-19-44)24-28-10-11-36-37(23-28)47-27-46-36)25-42-14-12-33(13-15-42)40-38(45)41-35-9-5-4-8-34(35)31-6-2-1-3-7-31/h1-11,20-23,33H,12-19,24-27H2,(H2,40,41,45). The van der Waals surface area contributed by atoms with Crippen LogP contribution in [0.5, 0.6) is 11.5 Å². The van der Waals surface area contributed by atoms with Crippen LogP contribution < -0.4 is 20.1 Å². The van der Waals surface area contributed by atoms with E-state index in [1.165, 1.54) is 5.56 Å². The summed E-state index contributed by atoms with van der Waals surface area (Å²) in [5.74, 6) is 1.46. The number of hydrogen-bond acceptors (Lipinski definition) is 6. The van der Waals surface area contributed by atoms with E-state index in [-0.39, 0.29) is 17.9 Å². The number of urea groups is 1. The quantitative estimate of drug-likeness (QED) is 0.224. The minimum atomic E-state index is -0.185. The van der Waals surface area contributed by atoms with Crippen LogP contribution in [0.1, 0.15) is 29.5 Å². The number of hydrogen-bond donors (Lipinski definition) is 2. The van der Waals surface area contributed by atoms with Gasteiger partial charge in [0, 0.05) is 70.5 Å². The van der Waals surface area contributed by atoms with Gasteiger partial charge in [-0.05, 0) is 65.4 Å². The number of likely N-dealkylation sites (tertiary alicyclic amines) is 1. The molecule has 4 aromatic carbocycles. The van der Waals surface area contributed by atoms with Crippen LogP contribution >= 0.6 is 0 Å². The highest BCUT2D eigenvalue weighted by Crippen LogP contribution is 2.33. The summed E-state index contributed by atoms with van der Waals surface area (Å²) in [4.78, 5) is 20.1. The molecule has 0 unspecified atom stereocenters. The summed E-state index contributed by atoms with van der Waals surface area (Å²) in [5, 5.41) is 6.22. The fraction of sp³-hybridized carbons (Fsp3) is 0.342. The van der Waals surface area contributed by atoms with Gasteiger partial charge in [-0.25, -0.2) is 9.18 Å². The lowest BCUT2D eigenvalue weighted by atomic mass is 10.0. The number of halogens is 1. The molecule has 2 N–H and O–H groups in total. The number of benzene rings is 4. The summed E-state index contributed by atoms with van der Waals surface area (Å²) >= 11 is 0. The first-order valence-corrected chi connectivity index (χ1v) is 16.6. The van der Waals surface area contributed by atoms with Gasteiger partial charge in [-0.3, -0.25) is 14.7 Å². The van der Waals surface area contributed by atoms with Gasteiger partial charge in [0.05, 0.1) is 5.69 Å². The number of carbonyl (C=O) groups is 1. The molecule has 2 amide bonds. The van der Waals surface area contributed by atoms with E-state index in [4.69, 9.17) is 9.47 Å². The normalized spacial score (nSPS) is 17.5. The average molecular weight is 636 g/mol. The van der Waals surface area contributed by atoms with E-state index in [0.29, 0.717) is 13.3 Å². The van der Waals surface area contributed by atoms with Gasteiger partial charge in [0.25, 0.3) is 0 Å². The van der Waals surface area contributed by atoms with E-state index < -0.39 is 0 Å². The first-order valence-electron chi connectivity index (χ1n) is 16.6. The smallest absolute Gasteiger partial charge is 0.319 e. The summed E-state index contributed by atoms with van der Waals surface area (Å²) in [6.45, 7) is 8.16. The van der Waals surface area contributed by atoms with Crippen molar-refractivity contribution < 1.29 is 18.7 Å². The van der Waals surface area contributed by atoms with Crippen molar-refractivity contribution in [2.45, 2.75) is 38.5 Å². The number of anilines is 1. The number of piperidine rings is 1. The van der Waals surface area contributed by atoms with Crippen LogP contribution in [0.4, 0.5) is 14.9 Å². The molecule has 0 saturated carbocycles. The molecule has 9 heteroatoms. The number of amides is 2. The average Bonchev–Trinajstić information content (AvgIpc) is 3.55. The van der Waals surface area contributed by atoms with Crippen molar-refractivity contribution in [3.05, 3.63) is 114 Å². The van der Waals surface area contributed by atoms with Crippen LogP contribution in [0.15, 0.2) is 91.0 Å². The lowest BCUT2D eigenvalue weighted by Crippen LogP contribution is -2.45. The van der Waals surface area contributed by atoms with Gasteiger partial charge in [-0.2, -0.15) is 0 Å². The topological polar surface area (TPSA) is 69.3 Å². The molecule has 244 valence electrons. The summed E-state index contributed by atoms with van der Waals surface area (Å²) < 4.78 is 25.7. The van der Waals surface area contributed by atoms with Crippen LogP contribution in [-0.2, 0) is 19.6 Å². The molecule has 2 fully saturated rings. The van der Waals surface area contributed by atoms with Gasteiger partial charge >= 0.3 is 6.03 Å². The van der Waals surface area contributed by atoms with Crippen LogP contribution in [-0.4, -0.2) is 72.8 Å². The van der Waals surface area contributed by atoms with Crippen molar-refractivity contribution in [1.29, 1.82) is 0 Å². The van der Waals surface area contributed by atoms with Gasteiger partial charge in [0.15, 0.2) is 11.5 Å². The van der Waals surface area contributed by atoms with Crippen LogP contribution in [0.2, 0.25) is 0 Å². The fourth-order valence-corrected chi connectivity index (χ4v) is 6.86.